The van der Waals surface area contributed by atoms with Crippen LogP contribution in [0.2, 0.25) is 0 Å². The highest BCUT2D eigenvalue weighted by molar-refractivity contribution is 5.97. The summed E-state index contributed by atoms with van der Waals surface area (Å²) in [5, 5.41) is 2.96. The van der Waals surface area contributed by atoms with Crippen molar-refractivity contribution < 1.29 is 19.1 Å². The molecule has 0 bridgehead atoms. The van der Waals surface area contributed by atoms with Gasteiger partial charge in [-0.15, -0.1) is 0 Å². The zero-order valence-corrected chi connectivity index (χ0v) is 18.2. The van der Waals surface area contributed by atoms with Crippen molar-refractivity contribution in [2.24, 2.45) is 0 Å². The maximum absolute atomic E-state index is 12.9. The first-order valence-corrected chi connectivity index (χ1v) is 10.9. The van der Waals surface area contributed by atoms with Crippen LogP contribution in [0.25, 0.3) is 0 Å². The van der Waals surface area contributed by atoms with E-state index in [1.807, 2.05) is 18.7 Å². The van der Waals surface area contributed by atoms with Crippen LogP contribution in [0.15, 0.2) is 24.3 Å². The third-order valence-corrected chi connectivity index (χ3v) is 5.30. The molecule has 1 unspecified atom stereocenters. The molecule has 0 spiro atoms. The molecule has 1 aromatic rings. The Hall–Kier alpha value is -2.08. The average molecular weight is 405 g/mol. The molecule has 1 aliphatic rings. The van der Waals surface area contributed by atoms with Gasteiger partial charge in [-0.05, 0) is 56.9 Å². The summed E-state index contributed by atoms with van der Waals surface area (Å²) in [5.74, 6) is 0.513. The SMILES string of the molecule is CCCCCC(C)(OCCC)C(=O)Nc1ccc(OCC(=O)N2CCCC2)cc1. The summed E-state index contributed by atoms with van der Waals surface area (Å²) in [6.45, 7) is 8.31. The van der Waals surface area contributed by atoms with Crippen LogP contribution < -0.4 is 10.1 Å². The lowest BCUT2D eigenvalue weighted by molar-refractivity contribution is -0.140. The topological polar surface area (TPSA) is 67.9 Å². The predicted molar refractivity (Wildman–Crippen MR) is 115 cm³/mol. The van der Waals surface area contributed by atoms with Crippen molar-refractivity contribution in [3.63, 3.8) is 0 Å². The monoisotopic (exact) mass is 404 g/mol. The van der Waals surface area contributed by atoms with E-state index in [-0.39, 0.29) is 18.4 Å². The van der Waals surface area contributed by atoms with Crippen LogP contribution in [0.1, 0.15) is 65.7 Å². The van der Waals surface area contributed by atoms with E-state index in [1.165, 1.54) is 0 Å². The number of hydrogen-bond donors (Lipinski definition) is 1. The smallest absolute Gasteiger partial charge is 0.260 e. The van der Waals surface area contributed by atoms with Gasteiger partial charge in [-0.2, -0.15) is 0 Å². The Bertz CT molecular complexity index is 641. The van der Waals surface area contributed by atoms with Crippen LogP contribution in [-0.4, -0.2) is 48.6 Å². The minimum absolute atomic E-state index is 0.0239. The van der Waals surface area contributed by atoms with Gasteiger partial charge in [0.05, 0.1) is 0 Å². The molecule has 0 aromatic heterocycles. The number of likely N-dealkylation sites (tertiary alicyclic amines) is 1. The van der Waals surface area contributed by atoms with Crippen molar-refractivity contribution >= 4 is 17.5 Å². The van der Waals surface area contributed by atoms with Crippen LogP contribution in [-0.2, 0) is 14.3 Å². The molecule has 2 amide bonds. The number of hydrogen-bond acceptors (Lipinski definition) is 4. The normalized spacial score (nSPS) is 15.8. The fraction of sp³-hybridized carbons (Fsp3) is 0.652. The summed E-state index contributed by atoms with van der Waals surface area (Å²) < 4.78 is 11.5. The van der Waals surface area contributed by atoms with E-state index in [9.17, 15) is 9.59 Å². The van der Waals surface area contributed by atoms with Crippen LogP contribution in [0.4, 0.5) is 5.69 Å². The summed E-state index contributed by atoms with van der Waals surface area (Å²) in [5.41, 5.74) is -0.141. The zero-order chi connectivity index (χ0) is 21.1. The van der Waals surface area contributed by atoms with E-state index in [2.05, 4.69) is 12.2 Å². The van der Waals surface area contributed by atoms with Crippen molar-refractivity contribution in [3.8, 4) is 5.75 Å². The Morgan fingerprint density at radius 3 is 2.38 bits per heavy atom. The number of nitrogens with zero attached hydrogens (tertiary/aromatic N) is 1. The number of unbranched alkanes of at least 4 members (excludes halogenated alkanes) is 2. The highest BCUT2D eigenvalue weighted by Crippen LogP contribution is 2.24. The first-order valence-electron chi connectivity index (χ1n) is 10.9. The van der Waals surface area contributed by atoms with Gasteiger partial charge in [0.2, 0.25) is 0 Å². The molecule has 1 N–H and O–H groups in total. The minimum Gasteiger partial charge on any atom is -0.484 e. The zero-order valence-electron chi connectivity index (χ0n) is 18.2. The molecule has 1 heterocycles. The molecule has 0 radical (unpaired) electrons. The summed E-state index contributed by atoms with van der Waals surface area (Å²) in [6.07, 6.45) is 6.86. The summed E-state index contributed by atoms with van der Waals surface area (Å²) in [6, 6.07) is 7.13. The van der Waals surface area contributed by atoms with Gasteiger partial charge in [0, 0.05) is 25.4 Å². The standard InChI is InChI=1S/C23H36N2O4/c1-4-6-7-14-23(3,29-17-5-2)22(27)24-19-10-12-20(13-11-19)28-18-21(26)25-15-8-9-16-25/h10-13H,4-9,14-18H2,1-3H3,(H,24,27). The minimum atomic E-state index is -0.831. The van der Waals surface area contributed by atoms with Gasteiger partial charge in [0.25, 0.3) is 11.8 Å². The number of amides is 2. The van der Waals surface area contributed by atoms with Gasteiger partial charge >= 0.3 is 0 Å². The third-order valence-electron chi connectivity index (χ3n) is 5.30. The van der Waals surface area contributed by atoms with Gasteiger partial charge in [-0.25, -0.2) is 0 Å². The molecule has 1 aromatic carbocycles. The number of carbonyl (C=O) groups excluding carboxylic acids is 2. The summed E-state index contributed by atoms with van der Waals surface area (Å²) >= 11 is 0. The van der Waals surface area contributed by atoms with Crippen molar-refractivity contribution in [1.29, 1.82) is 0 Å². The van der Waals surface area contributed by atoms with Gasteiger partial charge in [-0.3, -0.25) is 9.59 Å². The number of rotatable bonds is 12. The molecule has 0 saturated carbocycles. The average Bonchev–Trinajstić information content (AvgIpc) is 3.26. The number of anilines is 1. The lowest BCUT2D eigenvalue weighted by Crippen LogP contribution is -2.43. The van der Waals surface area contributed by atoms with Gasteiger partial charge < -0.3 is 19.7 Å². The Morgan fingerprint density at radius 1 is 1.07 bits per heavy atom. The first-order chi connectivity index (χ1) is 14.0. The molecule has 1 aliphatic heterocycles. The molecule has 29 heavy (non-hydrogen) atoms. The Balaban J connectivity index is 1.88. The summed E-state index contributed by atoms with van der Waals surface area (Å²) in [7, 11) is 0. The maximum Gasteiger partial charge on any atom is 0.260 e. The molecule has 1 fully saturated rings. The molecule has 1 saturated heterocycles. The highest BCUT2D eigenvalue weighted by atomic mass is 16.5. The second-order valence-corrected chi connectivity index (χ2v) is 7.89. The number of nitrogens with one attached hydrogen (secondary N) is 1. The van der Waals surface area contributed by atoms with E-state index in [4.69, 9.17) is 9.47 Å². The summed E-state index contributed by atoms with van der Waals surface area (Å²) in [4.78, 5) is 26.8. The quantitative estimate of drug-likeness (QED) is 0.525. The predicted octanol–water partition coefficient (Wildman–Crippen LogP) is 4.39. The molecule has 6 nitrogen and oxygen atoms in total. The fourth-order valence-corrected chi connectivity index (χ4v) is 3.39. The molecule has 1 atom stereocenters. The number of benzene rings is 1. The van der Waals surface area contributed by atoms with Crippen molar-refractivity contribution in [3.05, 3.63) is 24.3 Å². The van der Waals surface area contributed by atoms with E-state index < -0.39 is 5.60 Å². The van der Waals surface area contributed by atoms with Crippen molar-refractivity contribution in [2.45, 2.75) is 71.3 Å². The largest absolute Gasteiger partial charge is 0.484 e. The number of carbonyl (C=O) groups is 2. The van der Waals surface area contributed by atoms with Crippen LogP contribution in [0, 0.1) is 0 Å². The van der Waals surface area contributed by atoms with E-state index in [1.54, 1.807) is 24.3 Å². The molecular weight excluding hydrogens is 368 g/mol. The molecule has 162 valence electrons. The Morgan fingerprint density at radius 2 is 1.76 bits per heavy atom. The van der Waals surface area contributed by atoms with E-state index in [0.717, 1.165) is 51.6 Å². The molecule has 2 rings (SSSR count). The molecule has 6 heteroatoms. The van der Waals surface area contributed by atoms with Crippen molar-refractivity contribution in [2.75, 3.05) is 31.6 Å². The van der Waals surface area contributed by atoms with Crippen LogP contribution >= 0.6 is 0 Å². The lowest BCUT2D eigenvalue weighted by atomic mass is 9.96. The Labute approximate surface area is 174 Å². The van der Waals surface area contributed by atoms with Crippen LogP contribution in [0.5, 0.6) is 5.75 Å². The van der Waals surface area contributed by atoms with E-state index in [0.29, 0.717) is 24.5 Å². The van der Waals surface area contributed by atoms with Gasteiger partial charge in [0.1, 0.15) is 11.4 Å². The molecule has 0 aliphatic carbocycles. The second kappa shape index (κ2) is 11.8. The third kappa shape index (κ3) is 7.35. The molecular formula is C23H36N2O4. The van der Waals surface area contributed by atoms with Gasteiger partial charge in [0.15, 0.2) is 6.61 Å². The Kier molecular flexibility index (Phi) is 9.45. The first kappa shape index (κ1) is 23.2. The fourth-order valence-electron chi connectivity index (χ4n) is 3.39. The highest BCUT2D eigenvalue weighted by Gasteiger charge is 2.33. The lowest BCUT2D eigenvalue weighted by Gasteiger charge is -2.28. The van der Waals surface area contributed by atoms with Crippen molar-refractivity contribution in [1.82, 2.24) is 4.90 Å². The van der Waals surface area contributed by atoms with E-state index >= 15 is 0 Å². The number of ether oxygens (including phenoxy) is 2. The van der Waals surface area contributed by atoms with Crippen LogP contribution in [0.3, 0.4) is 0 Å². The second-order valence-electron chi connectivity index (χ2n) is 7.89. The maximum atomic E-state index is 12.9. The van der Waals surface area contributed by atoms with Gasteiger partial charge in [-0.1, -0.05) is 33.1 Å².